The summed E-state index contributed by atoms with van der Waals surface area (Å²) in [4.78, 5) is 18.5. The lowest BCUT2D eigenvalue weighted by atomic mass is 10.2. The highest BCUT2D eigenvalue weighted by molar-refractivity contribution is 6.32. The number of aromatic nitrogens is 1. The van der Waals surface area contributed by atoms with Gasteiger partial charge in [0, 0.05) is 30.6 Å². The number of amides is 1. The van der Waals surface area contributed by atoms with E-state index in [9.17, 15) is 4.79 Å². The number of hydrogen-bond acceptors (Lipinski definition) is 6. The van der Waals surface area contributed by atoms with Crippen LogP contribution in [0.2, 0.25) is 5.02 Å². The van der Waals surface area contributed by atoms with Crippen molar-refractivity contribution in [1.82, 2.24) is 15.2 Å². The average molecular weight is 393 g/mol. The third-order valence-electron chi connectivity index (χ3n) is 3.81. The molecule has 0 bridgehead atoms. The maximum Gasteiger partial charge on any atom is 0.269 e. The van der Waals surface area contributed by atoms with E-state index in [0.717, 1.165) is 13.0 Å². The summed E-state index contributed by atoms with van der Waals surface area (Å²) in [5.74, 6) is 0.873. The van der Waals surface area contributed by atoms with Crippen LogP contribution >= 0.6 is 11.6 Å². The zero-order valence-electron chi connectivity index (χ0n) is 16.0. The lowest BCUT2D eigenvalue weighted by Crippen LogP contribution is -2.27. The van der Waals surface area contributed by atoms with Crippen molar-refractivity contribution in [1.29, 1.82) is 0 Å². The Hall–Kier alpha value is -2.51. The van der Waals surface area contributed by atoms with E-state index in [1.54, 1.807) is 44.7 Å². The predicted octanol–water partition coefficient (Wildman–Crippen LogP) is 3.18. The number of rotatable bonds is 9. The molecule has 0 aliphatic heterocycles. The second-order valence-corrected chi connectivity index (χ2v) is 6.56. The SMILES string of the molecule is COc1cc(Nc2ccnc(C(=O)NCCCN(C)C)c2)c(OC)cc1Cl. The van der Waals surface area contributed by atoms with Gasteiger partial charge in [-0.1, -0.05) is 11.6 Å². The minimum atomic E-state index is -0.210. The van der Waals surface area contributed by atoms with Crippen molar-refractivity contribution < 1.29 is 14.3 Å². The lowest BCUT2D eigenvalue weighted by Gasteiger charge is -2.14. The van der Waals surface area contributed by atoms with Crippen molar-refractivity contribution in [2.24, 2.45) is 0 Å². The minimum absolute atomic E-state index is 0.210. The summed E-state index contributed by atoms with van der Waals surface area (Å²) in [6.45, 7) is 1.51. The second kappa shape index (κ2) is 9.99. The summed E-state index contributed by atoms with van der Waals surface area (Å²) in [6, 6.07) is 6.86. The van der Waals surface area contributed by atoms with Crippen LogP contribution in [0.25, 0.3) is 0 Å². The third kappa shape index (κ3) is 6.01. The number of anilines is 2. The molecule has 0 saturated carbocycles. The Labute approximate surface area is 164 Å². The molecule has 0 atom stereocenters. The van der Waals surface area contributed by atoms with Crippen LogP contribution in [0, 0.1) is 0 Å². The van der Waals surface area contributed by atoms with Crippen LogP contribution in [-0.2, 0) is 0 Å². The highest BCUT2D eigenvalue weighted by Crippen LogP contribution is 2.37. The third-order valence-corrected chi connectivity index (χ3v) is 4.11. The molecule has 1 amide bonds. The highest BCUT2D eigenvalue weighted by Gasteiger charge is 2.12. The van der Waals surface area contributed by atoms with Gasteiger partial charge in [0.2, 0.25) is 0 Å². The van der Waals surface area contributed by atoms with Crippen LogP contribution in [0.15, 0.2) is 30.5 Å². The van der Waals surface area contributed by atoms with Crippen LogP contribution in [0.1, 0.15) is 16.9 Å². The Morgan fingerprint density at radius 2 is 1.93 bits per heavy atom. The van der Waals surface area contributed by atoms with Crippen molar-refractivity contribution in [2.75, 3.05) is 46.7 Å². The van der Waals surface area contributed by atoms with E-state index in [0.29, 0.717) is 40.1 Å². The summed E-state index contributed by atoms with van der Waals surface area (Å²) in [6.07, 6.45) is 2.45. The highest BCUT2D eigenvalue weighted by atomic mass is 35.5. The number of carbonyl (C=O) groups excluding carboxylic acids is 1. The molecule has 1 aromatic heterocycles. The number of ether oxygens (including phenoxy) is 2. The first-order valence-electron chi connectivity index (χ1n) is 8.52. The monoisotopic (exact) mass is 392 g/mol. The van der Waals surface area contributed by atoms with Crippen molar-refractivity contribution in [3.8, 4) is 11.5 Å². The largest absolute Gasteiger partial charge is 0.495 e. The van der Waals surface area contributed by atoms with E-state index in [4.69, 9.17) is 21.1 Å². The Balaban J connectivity index is 2.10. The standard InChI is InChI=1S/C19H25ClN4O3/c1-24(2)9-5-7-22-19(25)16-10-13(6-8-21-16)23-15-12-17(26-3)14(20)11-18(15)27-4/h6,8,10-12H,5,7,9H2,1-4H3,(H,21,23)(H,22,25). The minimum Gasteiger partial charge on any atom is -0.495 e. The molecule has 2 rings (SSSR count). The molecule has 146 valence electrons. The number of nitrogens with one attached hydrogen (secondary N) is 2. The summed E-state index contributed by atoms with van der Waals surface area (Å²) in [5.41, 5.74) is 1.71. The molecule has 0 unspecified atom stereocenters. The van der Waals surface area contributed by atoms with Gasteiger partial charge in [0.1, 0.15) is 17.2 Å². The molecule has 0 radical (unpaired) electrons. The van der Waals surface area contributed by atoms with Gasteiger partial charge >= 0.3 is 0 Å². The van der Waals surface area contributed by atoms with Crippen LogP contribution in [0.5, 0.6) is 11.5 Å². The van der Waals surface area contributed by atoms with E-state index < -0.39 is 0 Å². The predicted molar refractivity (Wildman–Crippen MR) is 108 cm³/mol. The van der Waals surface area contributed by atoms with Gasteiger partial charge in [0.25, 0.3) is 5.91 Å². The normalized spacial score (nSPS) is 10.6. The maximum atomic E-state index is 12.3. The van der Waals surface area contributed by atoms with Crippen molar-refractivity contribution in [2.45, 2.75) is 6.42 Å². The van der Waals surface area contributed by atoms with Crippen molar-refractivity contribution in [3.05, 3.63) is 41.2 Å². The Morgan fingerprint density at radius 1 is 1.19 bits per heavy atom. The molecule has 0 saturated heterocycles. The molecule has 27 heavy (non-hydrogen) atoms. The van der Waals surface area contributed by atoms with E-state index in [2.05, 4.69) is 20.5 Å². The number of pyridine rings is 1. The van der Waals surface area contributed by atoms with Gasteiger partial charge in [-0.05, 0) is 39.2 Å². The first-order chi connectivity index (χ1) is 12.9. The smallest absolute Gasteiger partial charge is 0.269 e. The van der Waals surface area contributed by atoms with E-state index in [1.807, 2.05) is 14.1 Å². The molecular weight excluding hydrogens is 368 g/mol. The number of benzene rings is 1. The molecule has 2 N–H and O–H groups in total. The summed E-state index contributed by atoms with van der Waals surface area (Å²) < 4.78 is 10.6. The van der Waals surface area contributed by atoms with Gasteiger partial charge in [-0.3, -0.25) is 9.78 Å². The lowest BCUT2D eigenvalue weighted by molar-refractivity contribution is 0.0947. The summed E-state index contributed by atoms with van der Waals surface area (Å²) in [7, 11) is 7.10. The number of halogens is 1. The zero-order valence-corrected chi connectivity index (χ0v) is 16.8. The molecule has 0 spiro atoms. The molecular formula is C19H25ClN4O3. The molecule has 0 aliphatic carbocycles. The quantitative estimate of drug-likeness (QED) is 0.638. The van der Waals surface area contributed by atoms with E-state index >= 15 is 0 Å². The molecule has 0 fully saturated rings. The van der Waals surface area contributed by atoms with Gasteiger partial charge in [-0.25, -0.2) is 0 Å². The van der Waals surface area contributed by atoms with Crippen molar-refractivity contribution in [3.63, 3.8) is 0 Å². The Bertz CT molecular complexity index is 784. The van der Waals surface area contributed by atoms with E-state index in [-0.39, 0.29) is 5.91 Å². The van der Waals surface area contributed by atoms with Gasteiger partial charge in [0.15, 0.2) is 0 Å². The molecule has 8 heteroatoms. The average Bonchev–Trinajstić information content (AvgIpc) is 2.66. The summed E-state index contributed by atoms with van der Waals surface area (Å²) in [5, 5.41) is 6.54. The molecule has 1 aromatic carbocycles. The van der Waals surface area contributed by atoms with Crippen LogP contribution in [0.4, 0.5) is 11.4 Å². The number of hydrogen-bond donors (Lipinski definition) is 2. The van der Waals surface area contributed by atoms with Crippen LogP contribution in [-0.4, -0.2) is 57.2 Å². The fourth-order valence-electron chi connectivity index (χ4n) is 2.43. The number of carbonyl (C=O) groups is 1. The molecule has 7 nitrogen and oxygen atoms in total. The van der Waals surface area contributed by atoms with Gasteiger partial charge in [-0.2, -0.15) is 0 Å². The number of methoxy groups -OCH3 is 2. The second-order valence-electron chi connectivity index (χ2n) is 6.15. The first-order valence-corrected chi connectivity index (χ1v) is 8.90. The van der Waals surface area contributed by atoms with Crippen LogP contribution < -0.4 is 20.1 Å². The fourth-order valence-corrected chi connectivity index (χ4v) is 2.66. The summed E-state index contributed by atoms with van der Waals surface area (Å²) >= 11 is 6.13. The zero-order chi connectivity index (χ0) is 19.8. The van der Waals surface area contributed by atoms with Gasteiger partial charge in [-0.15, -0.1) is 0 Å². The molecule has 2 aromatic rings. The van der Waals surface area contributed by atoms with Gasteiger partial charge in [0.05, 0.1) is 24.9 Å². The fraction of sp³-hybridized carbons (Fsp3) is 0.368. The van der Waals surface area contributed by atoms with Gasteiger partial charge < -0.3 is 25.0 Å². The maximum absolute atomic E-state index is 12.3. The topological polar surface area (TPSA) is 75.7 Å². The Morgan fingerprint density at radius 3 is 2.59 bits per heavy atom. The molecule has 0 aliphatic rings. The first kappa shape index (κ1) is 20.8. The van der Waals surface area contributed by atoms with Crippen molar-refractivity contribution >= 4 is 28.9 Å². The number of nitrogens with zero attached hydrogens (tertiary/aromatic N) is 2. The Kier molecular flexibility index (Phi) is 7.69. The van der Waals surface area contributed by atoms with Crippen LogP contribution in [0.3, 0.4) is 0 Å². The van der Waals surface area contributed by atoms with E-state index in [1.165, 1.54) is 0 Å². The molecule has 1 heterocycles.